The molecule has 14 aromatic rings. The van der Waals surface area contributed by atoms with E-state index in [1.165, 1.54) is 5.56 Å². The van der Waals surface area contributed by atoms with Gasteiger partial charge in [0.25, 0.3) is 0 Å². The van der Waals surface area contributed by atoms with E-state index in [0.717, 1.165) is 134 Å². The van der Waals surface area contributed by atoms with Gasteiger partial charge in [-0.1, -0.05) is 226 Å². The van der Waals surface area contributed by atoms with Crippen LogP contribution in [0.1, 0.15) is 77.9 Å². The summed E-state index contributed by atoms with van der Waals surface area (Å²) in [6, 6.07) is 110. The number of para-hydroxylation sites is 2. The molecule has 0 fully saturated rings. The summed E-state index contributed by atoms with van der Waals surface area (Å²) in [5.41, 5.74) is 21.0. The smallest absolute Gasteiger partial charge is 0.132 e. The van der Waals surface area contributed by atoms with E-state index in [2.05, 4.69) is 206 Å². The van der Waals surface area contributed by atoms with Crippen LogP contribution in [0.25, 0.3) is 45.5 Å². The van der Waals surface area contributed by atoms with E-state index >= 15 is 8.78 Å². The molecule has 97 heavy (non-hydrogen) atoms. The van der Waals surface area contributed by atoms with Crippen LogP contribution in [0.2, 0.25) is 0 Å². The van der Waals surface area contributed by atoms with Gasteiger partial charge in [0, 0.05) is 28.2 Å². The molecule has 0 bridgehead atoms. The molecule has 2 atom stereocenters. The van der Waals surface area contributed by atoms with Gasteiger partial charge in [-0.2, -0.15) is 0 Å². The fourth-order valence-electron chi connectivity index (χ4n) is 16.4. The molecule has 0 radical (unpaired) electrons. The number of fused-ring (bicyclic) bond motifs is 15. The van der Waals surface area contributed by atoms with Crippen molar-refractivity contribution in [2.45, 2.75) is 16.2 Å². The van der Waals surface area contributed by atoms with Crippen LogP contribution in [0.4, 0.5) is 25.8 Å². The number of ether oxygens (including phenoxy) is 3. The number of nitrogens with zero attached hydrogens (tertiary/aromatic N) is 1. The predicted molar refractivity (Wildman–Crippen MR) is 386 cm³/mol. The third-order valence-electron chi connectivity index (χ3n) is 20.5. The van der Waals surface area contributed by atoms with E-state index < -0.39 is 16.2 Å². The van der Waals surface area contributed by atoms with Crippen molar-refractivity contribution in [3.63, 3.8) is 0 Å². The highest BCUT2D eigenvalue weighted by atomic mass is 19.1. The van der Waals surface area contributed by atoms with E-state index in [9.17, 15) is 0 Å². The van der Waals surface area contributed by atoms with Crippen LogP contribution < -0.4 is 19.1 Å². The second kappa shape index (κ2) is 22.4. The van der Waals surface area contributed by atoms with E-state index in [1.54, 1.807) is 24.3 Å². The van der Waals surface area contributed by atoms with Crippen LogP contribution in [0.3, 0.4) is 0 Å². The molecule has 18 rings (SSSR count). The Morgan fingerprint density at radius 2 is 0.557 bits per heavy atom. The van der Waals surface area contributed by atoms with E-state index in [-0.39, 0.29) is 11.6 Å². The zero-order valence-electron chi connectivity index (χ0n) is 52.6. The topological polar surface area (TPSA) is 30.9 Å². The molecule has 1 heterocycles. The van der Waals surface area contributed by atoms with Gasteiger partial charge in [0.05, 0.1) is 16.2 Å². The normalized spacial score (nSPS) is 15.9. The van der Waals surface area contributed by atoms with Gasteiger partial charge in [-0.05, 0) is 221 Å². The summed E-state index contributed by atoms with van der Waals surface area (Å²) >= 11 is 0. The quantitative estimate of drug-likeness (QED) is 0.115. The Balaban J connectivity index is 0.889. The zero-order valence-corrected chi connectivity index (χ0v) is 52.6. The van der Waals surface area contributed by atoms with Crippen LogP contribution >= 0.6 is 0 Å². The fourth-order valence-corrected chi connectivity index (χ4v) is 16.4. The summed E-state index contributed by atoms with van der Waals surface area (Å²) in [6.45, 7) is 7.87. The summed E-state index contributed by atoms with van der Waals surface area (Å²) in [7, 11) is 0. The van der Waals surface area contributed by atoms with Gasteiger partial charge >= 0.3 is 0 Å². The number of benzene rings is 14. The van der Waals surface area contributed by atoms with Crippen LogP contribution in [-0.2, 0) is 16.2 Å². The van der Waals surface area contributed by atoms with Crippen molar-refractivity contribution in [2.75, 3.05) is 4.90 Å². The van der Waals surface area contributed by atoms with Crippen molar-refractivity contribution in [1.82, 2.24) is 0 Å². The minimum Gasteiger partial charge on any atom is -0.457 e. The SMILES string of the molecule is C=Cc1ccc(Oc2ccc(C3(c4ccc(F)cc4)c4ccccc4-c4ccc(N(c5ccc6c(c5)C(c5ccc(F)cc5)(c5ccc(Oc7ccc(C=C)cc7)cc5)c5ccccc5-6)c5ccc6c(c5)C5(c7ccccc7Oc7ccccc75)c5ccccc5-6)cc43)cc2)cc1. The van der Waals surface area contributed by atoms with Crippen molar-refractivity contribution < 1.29 is 23.0 Å². The van der Waals surface area contributed by atoms with Gasteiger partial charge in [-0.3, -0.25) is 0 Å². The third-order valence-corrected chi connectivity index (χ3v) is 20.5. The van der Waals surface area contributed by atoms with Gasteiger partial charge in [-0.15, -0.1) is 0 Å². The molecule has 1 spiro atoms. The molecule has 2 unspecified atom stereocenters. The highest BCUT2D eigenvalue weighted by molar-refractivity contribution is 5.95. The number of anilines is 3. The van der Waals surface area contributed by atoms with Crippen LogP contribution in [-0.4, -0.2) is 0 Å². The lowest BCUT2D eigenvalue weighted by Crippen LogP contribution is -2.32. The average molecular weight is 1250 g/mol. The largest absolute Gasteiger partial charge is 0.457 e. The molecule has 14 aromatic carbocycles. The Kier molecular flexibility index (Phi) is 13.2. The fraction of sp³-hybridized carbons (Fsp3) is 0.0330. The second-order valence-corrected chi connectivity index (χ2v) is 25.3. The lowest BCUT2D eigenvalue weighted by atomic mass is 9.66. The molecule has 6 heteroatoms. The predicted octanol–water partition coefficient (Wildman–Crippen LogP) is 23.5. The Bertz CT molecular complexity index is 5200. The minimum atomic E-state index is -0.952. The first kappa shape index (κ1) is 57.3. The van der Waals surface area contributed by atoms with Crippen LogP contribution in [0.15, 0.2) is 335 Å². The molecule has 460 valence electrons. The molecule has 0 aromatic heterocycles. The number of hydrogen-bond donors (Lipinski definition) is 0. The minimum absolute atomic E-state index is 0.322. The van der Waals surface area contributed by atoms with Crippen molar-refractivity contribution >= 4 is 29.2 Å². The van der Waals surface area contributed by atoms with Crippen molar-refractivity contribution in [1.29, 1.82) is 0 Å². The zero-order chi connectivity index (χ0) is 65.0. The van der Waals surface area contributed by atoms with E-state index in [1.807, 2.05) is 121 Å². The summed E-state index contributed by atoms with van der Waals surface area (Å²) in [4.78, 5) is 2.41. The summed E-state index contributed by atoms with van der Waals surface area (Å²) < 4.78 is 51.0. The van der Waals surface area contributed by atoms with E-state index in [4.69, 9.17) is 14.2 Å². The molecule has 0 saturated heterocycles. The standard InChI is InChI=1S/C91H59F2NO3/c1-3-58-25-44-69(45-26-58)95-71-48-33-62(34-49-71)89(60-29-37-64(92)38-30-60)79-18-8-5-15-73(79)76-52-41-66(55-84(76)89)94(68-43-54-78-75-17-7-10-20-81(75)91(86(78)57-68)82-21-11-13-23-87(82)97-88-24-14-12-22-83(88)91)67-42-53-77-74-16-6-9-19-80(74)90(85(77)56-67,61-31-39-65(93)40-32-61)63-35-50-72(51-36-63)96-70-46-27-59(4-2)28-47-70/h3-57H,1-2H2. The first-order valence-corrected chi connectivity index (χ1v) is 32.7. The highest BCUT2D eigenvalue weighted by Gasteiger charge is 2.53. The van der Waals surface area contributed by atoms with E-state index in [0.29, 0.717) is 23.0 Å². The molecule has 0 N–H and O–H groups in total. The van der Waals surface area contributed by atoms with Gasteiger partial charge in [0.2, 0.25) is 0 Å². The molecule has 4 aliphatic rings. The lowest BCUT2D eigenvalue weighted by Gasteiger charge is -2.40. The Labute approximate surface area is 562 Å². The molecule has 0 amide bonds. The first-order valence-electron chi connectivity index (χ1n) is 32.7. The van der Waals surface area contributed by atoms with Gasteiger partial charge in [0.1, 0.15) is 46.1 Å². The molecular formula is C91H59F2NO3. The summed E-state index contributed by atoms with van der Waals surface area (Å²) in [6.07, 6.45) is 3.63. The second-order valence-electron chi connectivity index (χ2n) is 25.3. The van der Waals surface area contributed by atoms with Gasteiger partial charge in [-0.25, -0.2) is 8.78 Å². The van der Waals surface area contributed by atoms with Gasteiger partial charge in [0.15, 0.2) is 0 Å². The van der Waals surface area contributed by atoms with Crippen molar-refractivity contribution in [3.05, 3.63) is 424 Å². The number of halogens is 2. The monoisotopic (exact) mass is 1250 g/mol. The van der Waals surface area contributed by atoms with Gasteiger partial charge < -0.3 is 19.1 Å². The van der Waals surface area contributed by atoms with Crippen LogP contribution in [0.5, 0.6) is 34.5 Å². The highest BCUT2D eigenvalue weighted by Crippen LogP contribution is 2.64. The Hall–Kier alpha value is -12.4. The van der Waals surface area contributed by atoms with Crippen molar-refractivity contribution in [2.24, 2.45) is 0 Å². The average Bonchev–Trinajstić information content (AvgIpc) is 1.56. The molecule has 4 nitrogen and oxygen atoms in total. The Morgan fingerprint density at radius 3 is 0.907 bits per heavy atom. The maximum absolute atomic E-state index is 15.6. The summed E-state index contributed by atoms with van der Waals surface area (Å²) in [5, 5.41) is 0. The first-order chi connectivity index (χ1) is 47.7. The maximum Gasteiger partial charge on any atom is 0.132 e. The third kappa shape index (κ3) is 8.66. The number of hydrogen-bond acceptors (Lipinski definition) is 4. The molecule has 0 saturated carbocycles. The van der Waals surface area contributed by atoms with Crippen LogP contribution in [0, 0.1) is 11.6 Å². The number of rotatable bonds is 13. The maximum atomic E-state index is 15.6. The summed E-state index contributed by atoms with van der Waals surface area (Å²) in [5.74, 6) is 3.74. The lowest BCUT2D eigenvalue weighted by molar-refractivity contribution is 0.436. The molecular weight excluding hydrogens is 1190 g/mol. The van der Waals surface area contributed by atoms with Crippen molar-refractivity contribution in [3.8, 4) is 67.9 Å². The Morgan fingerprint density at radius 1 is 0.278 bits per heavy atom. The molecule has 3 aliphatic carbocycles. The molecule has 1 aliphatic heterocycles.